The first-order valence-corrected chi connectivity index (χ1v) is 7.09. The fraction of sp³-hybridized carbons (Fsp3) is 0.571. The number of carboxylic acid groups (broad SMARTS) is 1. The maximum atomic E-state index is 12.5. The van der Waals surface area contributed by atoms with Crippen molar-refractivity contribution in [3.63, 3.8) is 0 Å². The summed E-state index contributed by atoms with van der Waals surface area (Å²) in [5.74, 6) is -0.946. The van der Waals surface area contributed by atoms with Crippen molar-refractivity contribution in [2.45, 2.75) is 25.3 Å². The van der Waals surface area contributed by atoms with E-state index >= 15 is 0 Å². The van der Waals surface area contributed by atoms with Gasteiger partial charge in [-0.05, 0) is 19.3 Å². The van der Waals surface area contributed by atoms with Gasteiger partial charge in [-0.2, -0.15) is 0 Å². The Morgan fingerprint density at radius 3 is 2.48 bits per heavy atom. The third kappa shape index (κ3) is 3.18. The third-order valence-electron chi connectivity index (χ3n) is 3.82. The third-order valence-corrected chi connectivity index (χ3v) is 3.82. The van der Waals surface area contributed by atoms with Crippen molar-refractivity contribution < 1.29 is 19.4 Å². The second-order valence-corrected chi connectivity index (χ2v) is 5.51. The Morgan fingerprint density at radius 2 is 1.95 bits per heavy atom. The van der Waals surface area contributed by atoms with E-state index in [1.807, 2.05) is 4.90 Å². The first-order chi connectivity index (χ1) is 10.1. The minimum Gasteiger partial charge on any atom is -0.476 e. The van der Waals surface area contributed by atoms with Crippen LogP contribution < -0.4 is 0 Å². The Hall–Kier alpha value is -2.02. The topological polar surface area (TPSA) is 92.6 Å². The smallest absolute Gasteiger partial charge is 0.356 e. The van der Waals surface area contributed by atoms with Crippen molar-refractivity contribution in [3.8, 4) is 0 Å². The van der Waals surface area contributed by atoms with Gasteiger partial charge in [0, 0.05) is 25.1 Å². The molecule has 21 heavy (non-hydrogen) atoms. The number of ether oxygens (including phenoxy) is 1. The van der Waals surface area contributed by atoms with E-state index in [1.54, 1.807) is 0 Å². The Morgan fingerprint density at radius 1 is 1.24 bits per heavy atom. The maximum Gasteiger partial charge on any atom is 0.356 e. The summed E-state index contributed by atoms with van der Waals surface area (Å²) in [6.45, 7) is 2.12. The SMILES string of the molecule is O=C(O)c1cnc(C(=O)N(CC2CCOC2)C2CC2)cn1. The van der Waals surface area contributed by atoms with Crippen LogP contribution in [-0.2, 0) is 4.74 Å². The molecule has 1 aromatic heterocycles. The molecule has 0 aromatic carbocycles. The highest BCUT2D eigenvalue weighted by atomic mass is 16.5. The molecule has 3 rings (SSSR count). The molecule has 1 saturated carbocycles. The Labute approximate surface area is 121 Å². The molecule has 7 nitrogen and oxygen atoms in total. The molecule has 1 atom stereocenters. The molecular weight excluding hydrogens is 274 g/mol. The van der Waals surface area contributed by atoms with Gasteiger partial charge in [-0.3, -0.25) is 4.79 Å². The molecule has 2 fully saturated rings. The van der Waals surface area contributed by atoms with Gasteiger partial charge in [0.1, 0.15) is 5.69 Å². The van der Waals surface area contributed by atoms with Crippen LogP contribution in [0.15, 0.2) is 12.4 Å². The minimum absolute atomic E-state index is 0.159. The van der Waals surface area contributed by atoms with Gasteiger partial charge in [-0.15, -0.1) is 0 Å². The van der Waals surface area contributed by atoms with Crippen LogP contribution in [-0.4, -0.2) is 57.7 Å². The standard InChI is InChI=1S/C14H17N3O4/c18-13(11-5-16-12(6-15-11)14(19)20)17(10-1-2-10)7-9-3-4-21-8-9/h5-6,9-10H,1-4,7-8H2,(H,19,20). The molecule has 1 amide bonds. The molecule has 1 aliphatic carbocycles. The lowest BCUT2D eigenvalue weighted by Crippen LogP contribution is -2.38. The van der Waals surface area contributed by atoms with E-state index in [-0.39, 0.29) is 23.3 Å². The lowest BCUT2D eigenvalue weighted by atomic mass is 10.1. The average molecular weight is 291 g/mol. The Kier molecular flexibility index (Phi) is 3.83. The number of aromatic carboxylic acids is 1. The van der Waals surface area contributed by atoms with E-state index in [1.165, 1.54) is 6.20 Å². The maximum absolute atomic E-state index is 12.5. The van der Waals surface area contributed by atoms with Gasteiger partial charge in [0.05, 0.1) is 19.0 Å². The highest BCUT2D eigenvalue weighted by Crippen LogP contribution is 2.30. The summed E-state index contributed by atoms with van der Waals surface area (Å²) in [5.41, 5.74) is 0.0412. The van der Waals surface area contributed by atoms with Crippen LogP contribution in [0.5, 0.6) is 0 Å². The van der Waals surface area contributed by atoms with Gasteiger partial charge in [0.25, 0.3) is 5.91 Å². The van der Waals surface area contributed by atoms with Crippen LogP contribution in [0, 0.1) is 5.92 Å². The van der Waals surface area contributed by atoms with Gasteiger partial charge in [0.2, 0.25) is 0 Å². The second-order valence-electron chi connectivity index (χ2n) is 5.51. The molecule has 1 aliphatic heterocycles. The molecule has 0 radical (unpaired) electrons. The number of amides is 1. The summed E-state index contributed by atoms with van der Waals surface area (Å²) in [6, 6.07) is 0.277. The van der Waals surface area contributed by atoms with Crippen LogP contribution in [0.2, 0.25) is 0 Å². The fourth-order valence-electron chi connectivity index (χ4n) is 2.49. The molecule has 0 spiro atoms. The van der Waals surface area contributed by atoms with Gasteiger partial charge >= 0.3 is 5.97 Å². The number of carboxylic acids is 1. The van der Waals surface area contributed by atoms with Gasteiger partial charge < -0.3 is 14.7 Å². The van der Waals surface area contributed by atoms with Crippen molar-refractivity contribution in [2.24, 2.45) is 5.92 Å². The summed E-state index contributed by atoms with van der Waals surface area (Å²) >= 11 is 0. The Bertz CT molecular complexity index is 536. The predicted molar refractivity (Wildman–Crippen MR) is 72.0 cm³/mol. The first-order valence-electron chi connectivity index (χ1n) is 7.09. The molecule has 0 bridgehead atoms. The van der Waals surface area contributed by atoms with E-state index in [0.29, 0.717) is 19.1 Å². The minimum atomic E-state index is -1.15. The summed E-state index contributed by atoms with van der Waals surface area (Å²) in [6.07, 6.45) is 5.37. The van der Waals surface area contributed by atoms with Crippen LogP contribution in [0.1, 0.15) is 40.2 Å². The van der Waals surface area contributed by atoms with Crippen LogP contribution in [0.4, 0.5) is 0 Å². The number of rotatable bonds is 5. The highest BCUT2D eigenvalue weighted by Gasteiger charge is 2.35. The number of aromatic nitrogens is 2. The van der Waals surface area contributed by atoms with Crippen molar-refractivity contribution in [2.75, 3.05) is 19.8 Å². The zero-order valence-corrected chi connectivity index (χ0v) is 11.6. The highest BCUT2D eigenvalue weighted by molar-refractivity contribution is 5.93. The Balaban J connectivity index is 1.72. The number of nitrogens with zero attached hydrogens (tertiary/aromatic N) is 3. The fourth-order valence-corrected chi connectivity index (χ4v) is 2.49. The van der Waals surface area contributed by atoms with Crippen molar-refractivity contribution >= 4 is 11.9 Å². The summed E-state index contributed by atoms with van der Waals surface area (Å²) in [7, 11) is 0. The molecule has 2 aliphatic rings. The first kappa shape index (κ1) is 13.9. The van der Waals surface area contributed by atoms with Crippen LogP contribution in [0.25, 0.3) is 0 Å². The van der Waals surface area contributed by atoms with E-state index < -0.39 is 5.97 Å². The quantitative estimate of drug-likeness (QED) is 0.863. The van der Waals surface area contributed by atoms with E-state index in [9.17, 15) is 9.59 Å². The molecule has 7 heteroatoms. The van der Waals surface area contributed by atoms with Gasteiger partial charge in [-0.25, -0.2) is 14.8 Å². The number of hydrogen-bond acceptors (Lipinski definition) is 5. The predicted octanol–water partition coefficient (Wildman–Crippen LogP) is 0.816. The number of carbonyl (C=O) groups excluding carboxylic acids is 1. The van der Waals surface area contributed by atoms with Gasteiger partial charge in [0.15, 0.2) is 5.69 Å². The largest absolute Gasteiger partial charge is 0.476 e. The average Bonchev–Trinajstić information content (AvgIpc) is 3.20. The van der Waals surface area contributed by atoms with Crippen molar-refractivity contribution in [1.29, 1.82) is 0 Å². The monoisotopic (exact) mass is 291 g/mol. The molecule has 2 heterocycles. The van der Waals surface area contributed by atoms with Crippen LogP contribution in [0.3, 0.4) is 0 Å². The summed E-state index contributed by atoms with van der Waals surface area (Å²) < 4.78 is 5.35. The normalized spacial score (nSPS) is 21.2. The summed E-state index contributed by atoms with van der Waals surface area (Å²) in [5, 5.41) is 8.80. The lowest BCUT2D eigenvalue weighted by molar-refractivity contribution is 0.0677. The van der Waals surface area contributed by atoms with Gasteiger partial charge in [-0.1, -0.05) is 0 Å². The molecule has 1 N–H and O–H groups in total. The molecule has 1 unspecified atom stereocenters. The van der Waals surface area contributed by atoms with Crippen LogP contribution >= 0.6 is 0 Å². The molecular formula is C14H17N3O4. The zero-order chi connectivity index (χ0) is 14.8. The second kappa shape index (κ2) is 5.77. The van der Waals surface area contributed by atoms with Crippen molar-refractivity contribution in [1.82, 2.24) is 14.9 Å². The molecule has 1 saturated heterocycles. The molecule has 112 valence electrons. The number of hydrogen-bond donors (Lipinski definition) is 1. The van der Waals surface area contributed by atoms with E-state index in [4.69, 9.17) is 9.84 Å². The van der Waals surface area contributed by atoms with Crippen molar-refractivity contribution in [3.05, 3.63) is 23.8 Å². The summed E-state index contributed by atoms with van der Waals surface area (Å²) in [4.78, 5) is 32.8. The van der Waals surface area contributed by atoms with E-state index in [2.05, 4.69) is 9.97 Å². The van der Waals surface area contributed by atoms with E-state index in [0.717, 1.165) is 32.1 Å². The lowest BCUT2D eigenvalue weighted by Gasteiger charge is -2.24. The number of carbonyl (C=O) groups is 2. The zero-order valence-electron chi connectivity index (χ0n) is 11.6. The molecule has 1 aromatic rings.